The number of carbonyl (C=O) groups is 3. The minimum Gasteiger partial charge on any atom is -0.469 e. The van der Waals surface area contributed by atoms with Gasteiger partial charge in [-0.3, -0.25) is 19.4 Å². The smallest absolute Gasteiger partial charge is 0.311 e. The van der Waals surface area contributed by atoms with E-state index >= 15 is 0 Å². The summed E-state index contributed by atoms with van der Waals surface area (Å²) in [4.78, 5) is 42.1. The van der Waals surface area contributed by atoms with E-state index in [1.54, 1.807) is 29.4 Å². The van der Waals surface area contributed by atoms with Crippen LogP contribution < -0.4 is 5.32 Å². The number of hydrogen-bond donors (Lipinski definition) is 1. The van der Waals surface area contributed by atoms with Gasteiger partial charge in [0.1, 0.15) is 0 Å². The van der Waals surface area contributed by atoms with E-state index in [9.17, 15) is 14.4 Å². The van der Waals surface area contributed by atoms with E-state index in [0.717, 1.165) is 12.8 Å². The molecule has 2 rings (SSSR count). The van der Waals surface area contributed by atoms with Crippen molar-refractivity contribution in [3.05, 3.63) is 30.1 Å². The second-order valence-electron chi connectivity index (χ2n) is 7.13. The number of aromatic nitrogens is 1. The van der Waals surface area contributed by atoms with Gasteiger partial charge in [-0.1, -0.05) is 0 Å². The Morgan fingerprint density at radius 2 is 2.00 bits per heavy atom. The Bertz CT molecular complexity index is 645. The van der Waals surface area contributed by atoms with Crippen molar-refractivity contribution in [2.75, 3.05) is 26.7 Å². The minimum atomic E-state index is -0.622. The van der Waals surface area contributed by atoms with E-state index < -0.39 is 5.41 Å². The fourth-order valence-electron chi connectivity index (χ4n) is 3.27. The van der Waals surface area contributed by atoms with Crippen LogP contribution in [0.2, 0.25) is 0 Å². The zero-order valence-corrected chi connectivity index (χ0v) is 15.7. The van der Waals surface area contributed by atoms with Crippen LogP contribution in [0, 0.1) is 11.3 Å². The monoisotopic (exact) mass is 361 g/mol. The summed E-state index contributed by atoms with van der Waals surface area (Å²) in [5, 5.41) is 2.75. The summed E-state index contributed by atoms with van der Waals surface area (Å²) in [6.45, 7) is 5.24. The molecule has 1 aliphatic heterocycles. The van der Waals surface area contributed by atoms with Crippen LogP contribution in [0.1, 0.15) is 43.5 Å². The lowest BCUT2D eigenvalue weighted by atomic mass is 9.74. The Balaban J connectivity index is 1.83. The Morgan fingerprint density at radius 1 is 1.31 bits per heavy atom. The Morgan fingerprint density at radius 3 is 2.65 bits per heavy atom. The van der Waals surface area contributed by atoms with Crippen LogP contribution in [0.15, 0.2) is 24.5 Å². The molecular weight excluding hydrogens is 334 g/mol. The SMILES string of the molecule is COC(=O)C(C)(C)[C@@H]1CCCN(C(=O)CCNC(=O)c2ccncc2)C1. The van der Waals surface area contributed by atoms with Crippen LogP contribution in [0.5, 0.6) is 0 Å². The van der Waals surface area contributed by atoms with E-state index in [0.29, 0.717) is 18.7 Å². The number of esters is 1. The standard InChI is InChI=1S/C19H27N3O4/c1-19(2,18(25)26-3)15-5-4-12-22(13-15)16(23)8-11-21-17(24)14-6-9-20-10-7-14/h6-7,9-10,15H,4-5,8,11-13H2,1-3H3,(H,21,24)/t15-/m1/s1. The molecule has 2 amide bonds. The molecule has 1 N–H and O–H groups in total. The minimum absolute atomic E-state index is 0.00889. The van der Waals surface area contributed by atoms with Crippen LogP contribution >= 0.6 is 0 Å². The van der Waals surface area contributed by atoms with E-state index in [-0.39, 0.29) is 36.7 Å². The molecule has 7 nitrogen and oxygen atoms in total. The summed E-state index contributed by atoms with van der Waals surface area (Å²) in [7, 11) is 1.39. The van der Waals surface area contributed by atoms with Gasteiger partial charge in [0.2, 0.25) is 5.91 Å². The van der Waals surface area contributed by atoms with Crippen LogP contribution in [-0.2, 0) is 14.3 Å². The van der Waals surface area contributed by atoms with Crippen molar-refractivity contribution in [2.45, 2.75) is 33.1 Å². The van der Waals surface area contributed by atoms with Gasteiger partial charge in [0, 0.05) is 44.0 Å². The highest BCUT2D eigenvalue weighted by Gasteiger charge is 2.40. The van der Waals surface area contributed by atoms with Gasteiger partial charge in [-0.2, -0.15) is 0 Å². The summed E-state index contributed by atoms with van der Waals surface area (Å²) in [6.07, 6.45) is 5.10. The number of likely N-dealkylation sites (tertiary alicyclic amines) is 1. The first-order valence-corrected chi connectivity index (χ1v) is 8.90. The van der Waals surface area contributed by atoms with Crippen LogP contribution in [0.25, 0.3) is 0 Å². The third-order valence-electron chi connectivity index (χ3n) is 5.07. The molecule has 7 heteroatoms. The lowest BCUT2D eigenvalue weighted by Gasteiger charge is -2.39. The molecule has 1 aliphatic rings. The number of nitrogens with one attached hydrogen (secondary N) is 1. The van der Waals surface area contributed by atoms with Crippen molar-refractivity contribution in [3.8, 4) is 0 Å². The summed E-state index contributed by atoms with van der Waals surface area (Å²) < 4.78 is 4.90. The topological polar surface area (TPSA) is 88.6 Å². The molecule has 26 heavy (non-hydrogen) atoms. The third-order valence-corrected chi connectivity index (χ3v) is 5.07. The highest BCUT2D eigenvalue weighted by molar-refractivity contribution is 5.94. The van der Waals surface area contributed by atoms with E-state index in [4.69, 9.17) is 4.74 Å². The molecule has 142 valence electrons. The number of carbonyl (C=O) groups excluding carboxylic acids is 3. The molecule has 0 radical (unpaired) electrons. The summed E-state index contributed by atoms with van der Waals surface area (Å²) >= 11 is 0. The van der Waals surface area contributed by atoms with E-state index in [1.807, 2.05) is 13.8 Å². The fraction of sp³-hybridized carbons (Fsp3) is 0.579. The average Bonchev–Trinajstić information content (AvgIpc) is 2.67. The summed E-state index contributed by atoms with van der Waals surface area (Å²) in [5.41, 5.74) is -0.103. The maximum Gasteiger partial charge on any atom is 0.311 e. The summed E-state index contributed by atoms with van der Waals surface area (Å²) in [6, 6.07) is 3.25. The van der Waals surface area contributed by atoms with Crippen molar-refractivity contribution in [3.63, 3.8) is 0 Å². The highest BCUT2D eigenvalue weighted by atomic mass is 16.5. The zero-order chi connectivity index (χ0) is 19.2. The van der Waals surface area contributed by atoms with E-state index in [2.05, 4.69) is 10.3 Å². The molecular formula is C19H27N3O4. The molecule has 1 saturated heterocycles. The average molecular weight is 361 g/mol. The van der Waals surface area contributed by atoms with Crippen molar-refractivity contribution >= 4 is 17.8 Å². The first kappa shape index (κ1) is 19.9. The van der Waals surface area contributed by atoms with Gasteiger partial charge >= 0.3 is 5.97 Å². The van der Waals surface area contributed by atoms with Gasteiger partial charge in [0.05, 0.1) is 12.5 Å². The second kappa shape index (κ2) is 8.78. The lowest BCUT2D eigenvalue weighted by Crippen LogP contribution is -2.47. The van der Waals surface area contributed by atoms with Crippen molar-refractivity contribution < 1.29 is 19.1 Å². The third kappa shape index (κ3) is 4.80. The largest absolute Gasteiger partial charge is 0.469 e. The Labute approximate surface area is 154 Å². The van der Waals surface area contributed by atoms with Crippen molar-refractivity contribution in [1.29, 1.82) is 0 Å². The number of rotatable bonds is 6. The zero-order valence-electron chi connectivity index (χ0n) is 15.7. The maximum absolute atomic E-state index is 12.5. The predicted octanol–water partition coefficient (Wildman–Crippen LogP) is 1.64. The van der Waals surface area contributed by atoms with Gasteiger partial charge in [0.15, 0.2) is 0 Å². The molecule has 0 aliphatic carbocycles. The predicted molar refractivity (Wildman–Crippen MR) is 96.3 cm³/mol. The van der Waals surface area contributed by atoms with Crippen molar-refractivity contribution in [1.82, 2.24) is 15.2 Å². The number of hydrogen-bond acceptors (Lipinski definition) is 5. The highest BCUT2D eigenvalue weighted by Crippen LogP contribution is 2.35. The molecule has 0 aromatic carbocycles. The molecule has 0 bridgehead atoms. The molecule has 1 aromatic rings. The van der Waals surface area contributed by atoms with E-state index in [1.165, 1.54) is 7.11 Å². The lowest BCUT2D eigenvalue weighted by molar-refractivity contribution is -0.156. The van der Waals surface area contributed by atoms with Gasteiger partial charge in [0.25, 0.3) is 5.91 Å². The first-order valence-electron chi connectivity index (χ1n) is 8.90. The molecule has 2 heterocycles. The van der Waals surface area contributed by atoms with Gasteiger partial charge in [-0.05, 0) is 44.7 Å². The molecule has 1 atom stereocenters. The van der Waals surface area contributed by atoms with Gasteiger partial charge in [-0.25, -0.2) is 0 Å². The van der Waals surface area contributed by atoms with Gasteiger partial charge in [-0.15, -0.1) is 0 Å². The number of piperidine rings is 1. The van der Waals surface area contributed by atoms with Crippen molar-refractivity contribution in [2.24, 2.45) is 11.3 Å². The quantitative estimate of drug-likeness (QED) is 0.778. The molecule has 1 aromatic heterocycles. The fourth-order valence-corrected chi connectivity index (χ4v) is 3.27. The number of amides is 2. The van der Waals surface area contributed by atoms with Crippen LogP contribution in [0.4, 0.5) is 0 Å². The molecule has 1 fully saturated rings. The van der Waals surface area contributed by atoms with Crippen LogP contribution in [0.3, 0.4) is 0 Å². The Kier molecular flexibility index (Phi) is 6.71. The normalized spacial score (nSPS) is 17.5. The number of ether oxygens (including phenoxy) is 1. The van der Waals surface area contributed by atoms with Gasteiger partial charge < -0.3 is 15.0 Å². The molecule has 0 saturated carbocycles. The molecule has 0 unspecified atom stereocenters. The van der Waals surface area contributed by atoms with Crippen LogP contribution in [-0.4, -0.2) is 54.4 Å². The molecule has 0 spiro atoms. The maximum atomic E-state index is 12.5. The summed E-state index contributed by atoms with van der Waals surface area (Å²) in [5.74, 6) is -0.408. The second-order valence-corrected chi connectivity index (χ2v) is 7.13. The first-order chi connectivity index (χ1) is 12.4. The number of methoxy groups -OCH3 is 1. The Hall–Kier alpha value is -2.44. The number of nitrogens with zero attached hydrogens (tertiary/aromatic N) is 2. The number of pyridine rings is 1.